The van der Waals surface area contributed by atoms with Gasteiger partial charge in [0.05, 0.1) is 12.7 Å². The Morgan fingerprint density at radius 3 is 2.86 bits per heavy atom. The van der Waals surface area contributed by atoms with Crippen LogP contribution in [0.15, 0.2) is 48.9 Å². The SMILES string of the molecule is O=C(c1cnccn1)N1CCCC(Oc2ccccc2)C1. The van der Waals surface area contributed by atoms with Crippen LogP contribution < -0.4 is 4.74 Å². The molecular weight excluding hydrogens is 266 g/mol. The quantitative estimate of drug-likeness (QED) is 0.866. The van der Waals surface area contributed by atoms with Crippen molar-refractivity contribution in [1.29, 1.82) is 0 Å². The molecule has 1 aromatic carbocycles. The number of benzene rings is 1. The minimum absolute atomic E-state index is 0.0294. The maximum atomic E-state index is 12.4. The number of carbonyl (C=O) groups is 1. The highest BCUT2D eigenvalue weighted by Crippen LogP contribution is 2.19. The van der Waals surface area contributed by atoms with Crippen molar-refractivity contribution in [2.24, 2.45) is 0 Å². The van der Waals surface area contributed by atoms with Crippen LogP contribution in [0, 0.1) is 0 Å². The smallest absolute Gasteiger partial charge is 0.274 e. The van der Waals surface area contributed by atoms with Crippen LogP contribution in [0.3, 0.4) is 0 Å². The van der Waals surface area contributed by atoms with Crippen molar-refractivity contribution in [1.82, 2.24) is 14.9 Å². The van der Waals surface area contributed by atoms with Gasteiger partial charge in [-0.05, 0) is 25.0 Å². The van der Waals surface area contributed by atoms with Crippen LogP contribution in [0.1, 0.15) is 23.3 Å². The van der Waals surface area contributed by atoms with Crippen LogP contribution >= 0.6 is 0 Å². The fraction of sp³-hybridized carbons (Fsp3) is 0.312. The third kappa shape index (κ3) is 3.37. The summed E-state index contributed by atoms with van der Waals surface area (Å²) in [5.41, 5.74) is 0.387. The monoisotopic (exact) mass is 283 g/mol. The first kappa shape index (κ1) is 13.5. The summed E-state index contributed by atoms with van der Waals surface area (Å²) in [6, 6.07) is 9.71. The second-order valence-electron chi connectivity index (χ2n) is 5.04. The predicted octanol–water partition coefficient (Wildman–Crippen LogP) is 2.16. The molecule has 3 rings (SSSR count). The Bertz CT molecular complexity index is 589. The van der Waals surface area contributed by atoms with Crippen LogP contribution in [0.4, 0.5) is 0 Å². The zero-order valence-electron chi connectivity index (χ0n) is 11.7. The Balaban J connectivity index is 1.64. The van der Waals surface area contributed by atoms with E-state index in [2.05, 4.69) is 9.97 Å². The van der Waals surface area contributed by atoms with Crippen LogP contribution in [-0.4, -0.2) is 40.0 Å². The van der Waals surface area contributed by atoms with Gasteiger partial charge in [0, 0.05) is 18.9 Å². The lowest BCUT2D eigenvalue weighted by atomic mass is 10.1. The molecule has 1 unspecified atom stereocenters. The van der Waals surface area contributed by atoms with Crippen LogP contribution in [0.5, 0.6) is 5.75 Å². The molecule has 108 valence electrons. The van der Waals surface area contributed by atoms with Crippen molar-refractivity contribution in [3.8, 4) is 5.75 Å². The van der Waals surface area contributed by atoms with E-state index in [1.54, 1.807) is 11.1 Å². The fourth-order valence-corrected chi connectivity index (χ4v) is 2.48. The van der Waals surface area contributed by atoms with Crippen LogP contribution in [-0.2, 0) is 0 Å². The number of rotatable bonds is 3. The number of piperidine rings is 1. The molecule has 0 spiro atoms. The highest BCUT2D eigenvalue weighted by molar-refractivity contribution is 5.92. The van der Waals surface area contributed by atoms with Gasteiger partial charge in [-0.2, -0.15) is 0 Å². The molecule has 1 fully saturated rings. The summed E-state index contributed by atoms with van der Waals surface area (Å²) in [6.45, 7) is 1.33. The van der Waals surface area contributed by atoms with Crippen molar-refractivity contribution in [2.75, 3.05) is 13.1 Å². The van der Waals surface area contributed by atoms with E-state index in [4.69, 9.17) is 4.74 Å². The zero-order valence-corrected chi connectivity index (χ0v) is 11.7. The van der Waals surface area contributed by atoms with Crippen molar-refractivity contribution in [3.05, 3.63) is 54.6 Å². The molecule has 21 heavy (non-hydrogen) atoms. The van der Waals surface area contributed by atoms with Crippen molar-refractivity contribution in [2.45, 2.75) is 18.9 Å². The minimum Gasteiger partial charge on any atom is -0.489 e. The third-order valence-corrected chi connectivity index (χ3v) is 3.49. The molecular formula is C16H17N3O2. The Hall–Kier alpha value is -2.43. The molecule has 0 bridgehead atoms. The first-order valence-electron chi connectivity index (χ1n) is 7.10. The molecule has 1 saturated heterocycles. The lowest BCUT2D eigenvalue weighted by Crippen LogP contribution is -2.44. The standard InChI is InChI=1S/C16H17N3O2/c20-16(15-11-17-8-9-18-15)19-10-4-7-14(12-19)21-13-5-2-1-3-6-13/h1-3,5-6,8-9,11,14H,4,7,10,12H2. The number of aromatic nitrogens is 2. The number of para-hydroxylation sites is 1. The normalized spacial score (nSPS) is 18.3. The topological polar surface area (TPSA) is 55.3 Å². The summed E-state index contributed by atoms with van der Waals surface area (Å²) in [5.74, 6) is 0.765. The van der Waals surface area contributed by atoms with Gasteiger partial charge < -0.3 is 9.64 Å². The van der Waals surface area contributed by atoms with Crippen LogP contribution in [0.2, 0.25) is 0 Å². The van der Waals surface area contributed by atoms with E-state index in [-0.39, 0.29) is 12.0 Å². The van der Waals surface area contributed by atoms with Gasteiger partial charge >= 0.3 is 0 Å². The first-order chi connectivity index (χ1) is 10.3. The highest BCUT2D eigenvalue weighted by Gasteiger charge is 2.26. The molecule has 1 amide bonds. The zero-order chi connectivity index (χ0) is 14.5. The average Bonchev–Trinajstić information content (AvgIpc) is 2.56. The summed E-state index contributed by atoms with van der Waals surface area (Å²) < 4.78 is 5.94. The van der Waals surface area contributed by atoms with E-state index in [1.165, 1.54) is 12.4 Å². The number of ether oxygens (including phenoxy) is 1. The molecule has 0 saturated carbocycles. The number of hydrogen-bond acceptors (Lipinski definition) is 4. The van der Waals surface area contributed by atoms with Gasteiger partial charge in [-0.25, -0.2) is 4.98 Å². The van der Waals surface area contributed by atoms with Crippen LogP contribution in [0.25, 0.3) is 0 Å². The molecule has 0 N–H and O–H groups in total. The van der Waals surface area contributed by atoms with Gasteiger partial charge in [-0.1, -0.05) is 18.2 Å². The van der Waals surface area contributed by atoms with Gasteiger partial charge in [-0.3, -0.25) is 9.78 Å². The third-order valence-electron chi connectivity index (χ3n) is 3.49. The van der Waals surface area contributed by atoms with Gasteiger partial charge in [0.15, 0.2) is 0 Å². The Labute approximate surface area is 123 Å². The second-order valence-corrected chi connectivity index (χ2v) is 5.04. The molecule has 5 nitrogen and oxygen atoms in total. The maximum Gasteiger partial charge on any atom is 0.274 e. The summed E-state index contributed by atoms with van der Waals surface area (Å²) >= 11 is 0. The van der Waals surface area contributed by atoms with E-state index in [0.29, 0.717) is 12.2 Å². The maximum absolute atomic E-state index is 12.4. The fourth-order valence-electron chi connectivity index (χ4n) is 2.48. The molecule has 0 aliphatic carbocycles. The van der Waals surface area contributed by atoms with Gasteiger partial charge in [0.1, 0.15) is 17.5 Å². The lowest BCUT2D eigenvalue weighted by molar-refractivity contribution is 0.0532. The molecule has 0 radical (unpaired) electrons. The largest absolute Gasteiger partial charge is 0.489 e. The van der Waals surface area contributed by atoms with Crippen molar-refractivity contribution >= 4 is 5.91 Å². The summed E-state index contributed by atoms with van der Waals surface area (Å²) in [6.07, 6.45) is 6.53. The molecule has 1 aromatic heterocycles. The number of carbonyl (C=O) groups excluding carboxylic acids is 1. The Morgan fingerprint density at radius 2 is 2.10 bits per heavy atom. The summed E-state index contributed by atoms with van der Waals surface area (Å²) in [5, 5.41) is 0. The number of nitrogens with zero attached hydrogens (tertiary/aromatic N) is 3. The van der Waals surface area contributed by atoms with E-state index in [9.17, 15) is 4.79 Å². The van der Waals surface area contributed by atoms with E-state index in [1.807, 2.05) is 30.3 Å². The number of likely N-dealkylation sites (tertiary alicyclic amines) is 1. The molecule has 5 heteroatoms. The molecule has 2 heterocycles. The Kier molecular flexibility index (Phi) is 4.09. The highest BCUT2D eigenvalue weighted by atomic mass is 16.5. The summed E-state index contributed by atoms with van der Waals surface area (Å²) in [4.78, 5) is 22.2. The van der Waals surface area contributed by atoms with Gasteiger partial charge in [0.25, 0.3) is 5.91 Å². The summed E-state index contributed by atoms with van der Waals surface area (Å²) in [7, 11) is 0. The molecule has 1 aliphatic rings. The van der Waals surface area contributed by atoms with E-state index < -0.39 is 0 Å². The molecule has 1 atom stereocenters. The van der Waals surface area contributed by atoms with Crippen molar-refractivity contribution in [3.63, 3.8) is 0 Å². The van der Waals surface area contributed by atoms with E-state index in [0.717, 1.165) is 25.1 Å². The second kappa shape index (κ2) is 6.35. The number of amides is 1. The van der Waals surface area contributed by atoms with Gasteiger partial charge in [-0.15, -0.1) is 0 Å². The van der Waals surface area contributed by atoms with E-state index >= 15 is 0 Å². The molecule has 1 aliphatic heterocycles. The Morgan fingerprint density at radius 1 is 1.24 bits per heavy atom. The van der Waals surface area contributed by atoms with Gasteiger partial charge in [0.2, 0.25) is 0 Å². The predicted molar refractivity (Wildman–Crippen MR) is 78.0 cm³/mol. The lowest BCUT2D eigenvalue weighted by Gasteiger charge is -2.32. The average molecular weight is 283 g/mol. The number of hydrogen-bond donors (Lipinski definition) is 0. The first-order valence-corrected chi connectivity index (χ1v) is 7.10. The molecule has 2 aromatic rings. The van der Waals surface area contributed by atoms with Crippen molar-refractivity contribution < 1.29 is 9.53 Å². The minimum atomic E-state index is -0.0792.